The Hall–Kier alpha value is -4.92. The van der Waals surface area contributed by atoms with Crippen LogP contribution in [0.5, 0.6) is 5.75 Å². The number of rotatable bonds is 7. The fourth-order valence-corrected chi connectivity index (χ4v) is 4.44. The van der Waals surface area contributed by atoms with Gasteiger partial charge in [0.05, 0.1) is 11.4 Å². The van der Waals surface area contributed by atoms with E-state index in [-0.39, 0.29) is 23.5 Å². The van der Waals surface area contributed by atoms with Gasteiger partial charge in [-0.1, -0.05) is 59.6 Å². The van der Waals surface area contributed by atoms with E-state index in [1.165, 1.54) is 18.2 Å². The molecule has 1 aliphatic rings. The third kappa shape index (κ3) is 6.14. The molecule has 0 atom stereocenters. The molecular formula is C31H21Cl2N3O5. The molecule has 0 aromatic heterocycles. The fraction of sp³-hybridized carbons (Fsp3) is 0.0323. The molecule has 8 nitrogen and oxygen atoms in total. The van der Waals surface area contributed by atoms with E-state index in [2.05, 4.69) is 5.32 Å². The Morgan fingerprint density at radius 2 is 1.27 bits per heavy atom. The molecule has 0 aliphatic carbocycles. The van der Waals surface area contributed by atoms with E-state index >= 15 is 0 Å². The summed E-state index contributed by atoms with van der Waals surface area (Å²) in [6, 6.07) is 27.0. The Morgan fingerprint density at radius 1 is 0.732 bits per heavy atom. The summed E-state index contributed by atoms with van der Waals surface area (Å²) < 4.78 is 5.75. The standard InChI is InChI=1S/C31H21Cl2N3O5/c32-21-11-14-23(15-12-21)34-28(37)19-41-27-16-13-22(33)17-20(27)18-26-29(38)35(24-7-3-1-4-8-24)31(40)36(30(26)39)25-9-5-2-6-10-25/h1-18H,19H2,(H,34,37). The lowest BCUT2D eigenvalue weighted by Crippen LogP contribution is -2.57. The molecule has 5 rings (SSSR count). The van der Waals surface area contributed by atoms with Crippen LogP contribution in [0.1, 0.15) is 5.56 Å². The van der Waals surface area contributed by atoms with Gasteiger partial charge in [-0.15, -0.1) is 0 Å². The number of nitrogens with one attached hydrogen (secondary N) is 1. The van der Waals surface area contributed by atoms with Crippen LogP contribution in [0.2, 0.25) is 10.0 Å². The van der Waals surface area contributed by atoms with Gasteiger partial charge < -0.3 is 10.1 Å². The smallest absolute Gasteiger partial charge is 0.343 e. The number of imide groups is 2. The van der Waals surface area contributed by atoms with Crippen molar-refractivity contribution >= 4 is 70.1 Å². The van der Waals surface area contributed by atoms with Crippen LogP contribution >= 0.6 is 23.2 Å². The number of halogens is 2. The number of para-hydroxylation sites is 2. The van der Waals surface area contributed by atoms with Crippen molar-refractivity contribution in [2.75, 3.05) is 21.7 Å². The average molecular weight is 586 g/mol. The second kappa shape index (κ2) is 12.1. The van der Waals surface area contributed by atoms with Gasteiger partial charge in [-0.05, 0) is 72.8 Å². The number of carbonyl (C=O) groups excluding carboxylic acids is 4. The molecule has 204 valence electrons. The predicted octanol–water partition coefficient (Wildman–Crippen LogP) is 6.59. The van der Waals surface area contributed by atoms with E-state index in [0.717, 1.165) is 9.80 Å². The van der Waals surface area contributed by atoms with Crippen molar-refractivity contribution in [3.63, 3.8) is 0 Å². The van der Waals surface area contributed by atoms with E-state index in [4.69, 9.17) is 27.9 Å². The SMILES string of the molecule is O=C(COc1ccc(Cl)cc1C=C1C(=O)N(c2ccccc2)C(=O)N(c2ccccc2)C1=O)Nc1ccc(Cl)cc1. The zero-order chi connectivity index (χ0) is 28.9. The third-order valence-electron chi connectivity index (χ3n) is 6.04. The molecule has 4 aromatic rings. The first-order valence-corrected chi connectivity index (χ1v) is 13.1. The van der Waals surface area contributed by atoms with Gasteiger partial charge in [0, 0.05) is 21.3 Å². The summed E-state index contributed by atoms with van der Waals surface area (Å²) in [6.45, 7) is -0.368. The van der Waals surface area contributed by atoms with Gasteiger partial charge >= 0.3 is 6.03 Å². The molecule has 1 N–H and O–H groups in total. The monoisotopic (exact) mass is 585 g/mol. The molecule has 0 radical (unpaired) electrons. The van der Waals surface area contributed by atoms with Crippen molar-refractivity contribution < 1.29 is 23.9 Å². The van der Waals surface area contributed by atoms with Crippen LogP contribution in [0.15, 0.2) is 109 Å². The highest BCUT2D eigenvalue weighted by molar-refractivity contribution is 6.46. The maximum Gasteiger partial charge on any atom is 0.343 e. The molecular weight excluding hydrogens is 565 g/mol. The largest absolute Gasteiger partial charge is 0.483 e. The molecule has 0 saturated carbocycles. The van der Waals surface area contributed by atoms with Crippen LogP contribution in [0.4, 0.5) is 21.9 Å². The van der Waals surface area contributed by atoms with E-state index in [0.29, 0.717) is 27.1 Å². The minimum Gasteiger partial charge on any atom is -0.483 e. The number of nitrogens with zero attached hydrogens (tertiary/aromatic N) is 2. The maximum absolute atomic E-state index is 13.7. The lowest BCUT2D eigenvalue weighted by atomic mass is 10.0. The quantitative estimate of drug-likeness (QED) is 0.195. The summed E-state index contributed by atoms with van der Waals surface area (Å²) in [5, 5.41) is 3.53. The number of hydrogen-bond donors (Lipinski definition) is 1. The molecule has 1 aliphatic heterocycles. The van der Waals surface area contributed by atoms with Crippen LogP contribution in [0.25, 0.3) is 6.08 Å². The second-order valence-corrected chi connectivity index (χ2v) is 9.69. The summed E-state index contributed by atoms with van der Waals surface area (Å²) >= 11 is 12.1. The summed E-state index contributed by atoms with van der Waals surface area (Å²) in [5.41, 5.74) is 1.09. The molecule has 41 heavy (non-hydrogen) atoms. The lowest BCUT2D eigenvalue weighted by molar-refractivity contribution is -0.121. The highest BCUT2D eigenvalue weighted by Crippen LogP contribution is 2.32. The second-order valence-electron chi connectivity index (χ2n) is 8.82. The molecule has 0 bridgehead atoms. The minimum atomic E-state index is -0.815. The van der Waals surface area contributed by atoms with Crippen LogP contribution in [-0.4, -0.2) is 30.4 Å². The Bertz CT molecular complexity index is 1600. The molecule has 4 aromatic carbocycles. The molecule has 0 unspecified atom stereocenters. The van der Waals surface area contributed by atoms with Crippen molar-refractivity contribution in [1.82, 2.24) is 0 Å². The normalized spacial score (nSPS) is 13.3. The van der Waals surface area contributed by atoms with Gasteiger partial charge in [-0.3, -0.25) is 14.4 Å². The lowest BCUT2D eigenvalue weighted by Gasteiger charge is -2.34. The summed E-state index contributed by atoms with van der Waals surface area (Å²) in [6.07, 6.45) is 1.31. The highest BCUT2D eigenvalue weighted by Gasteiger charge is 2.43. The van der Waals surface area contributed by atoms with Crippen LogP contribution < -0.4 is 19.9 Å². The molecule has 1 heterocycles. The van der Waals surface area contributed by atoms with Crippen molar-refractivity contribution in [3.8, 4) is 5.75 Å². The number of carbonyl (C=O) groups is 4. The van der Waals surface area contributed by atoms with Crippen molar-refractivity contribution in [2.24, 2.45) is 0 Å². The first-order chi connectivity index (χ1) is 19.8. The number of urea groups is 1. The maximum atomic E-state index is 13.7. The molecule has 5 amide bonds. The van der Waals surface area contributed by atoms with E-state index in [1.54, 1.807) is 91.0 Å². The van der Waals surface area contributed by atoms with E-state index in [9.17, 15) is 19.2 Å². The minimum absolute atomic E-state index is 0.197. The van der Waals surface area contributed by atoms with Gasteiger partial charge in [0.1, 0.15) is 11.3 Å². The highest BCUT2D eigenvalue weighted by atomic mass is 35.5. The first kappa shape index (κ1) is 27.6. The Balaban J connectivity index is 1.49. The van der Waals surface area contributed by atoms with Gasteiger partial charge in [-0.2, -0.15) is 0 Å². The predicted molar refractivity (Wildman–Crippen MR) is 158 cm³/mol. The van der Waals surface area contributed by atoms with Crippen molar-refractivity contribution in [1.29, 1.82) is 0 Å². The van der Waals surface area contributed by atoms with Crippen LogP contribution in [0.3, 0.4) is 0 Å². The number of anilines is 3. The average Bonchev–Trinajstić information content (AvgIpc) is 2.97. The summed E-state index contributed by atoms with van der Waals surface area (Å²) in [4.78, 5) is 55.2. The Morgan fingerprint density at radius 3 is 1.83 bits per heavy atom. The number of benzene rings is 4. The van der Waals surface area contributed by atoms with Gasteiger partial charge in [0.25, 0.3) is 17.7 Å². The zero-order valence-electron chi connectivity index (χ0n) is 21.3. The number of amides is 5. The Labute approximate surface area is 245 Å². The number of barbiturate groups is 1. The van der Waals surface area contributed by atoms with E-state index in [1.807, 2.05) is 0 Å². The van der Waals surface area contributed by atoms with Crippen LogP contribution in [0, 0.1) is 0 Å². The van der Waals surface area contributed by atoms with Crippen LogP contribution in [-0.2, 0) is 14.4 Å². The fourth-order valence-electron chi connectivity index (χ4n) is 4.13. The van der Waals surface area contributed by atoms with Gasteiger partial charge in [0.15, 0.2) is 6.61 Å². The Kier molecular flexibility index (Phi) is 8.14. The number of ether oxygens (including phenoxy) is 1. The molecule has 1 saturated heterocycles. The number of hydrogen-bond acceptors (Lipinski definition) is 5. The van der Waals surface area contributed by atoms with E-state index < -0.39 is 23.8 Å². The van der Waals surface area contributed by atoms with Crippen molar-refractivity contribution in [2.45, 2.75) is 0 Å². The van der Waals surface area contributed by atoms with Gasteiger partial charge in [0.2, 0.25) is 0 Å². The van der Waals surface area contributed by atoms with Gasteiger partial charge in [-0.25, -0.2) is 14.6 Å². The molecule has 10 heteroatoms. The summed E-state index contributed by atoms with van der Waals surface area (Å²) in [7, 11) is 0. The summed E-state index contributed by atoms with van der Waals surface area (Å²) in [5.74, 6) is -1.88. The van der Waals surface area contributed by atoms with Crippen molar-refractivity contribution in [3.05, 3.63) is 124 Å². The zero-order valence-corrected chi connectivity index (χ0v) is 22.8. The molecule has 0 spiro atoms. The first-order valence-electron chi connectivity index (χ1n) is 12.3. The third-order valence-corrected chi connectivity index (χ3v) is 6.52. The molecule has 1 fully saturated rings. The topological polar surface area (TPSA) is 96.0 Å².